The minimum Gasteiger partial charge on any atom is -0.444 e. The summed E-state index contributed by atoms with van der Waals surface area (Å²) < 4.78 is 10.2. The number of hydrogen-bond donors (Lipinski definition) is 0. The standard InChI is InChI=1S/C11H19NO4/c1-11(2,3)16-10(14)12(7-15-4)8-5-9(13)6-8/h8H,5-7H2,1-4H3. The molecule has 0 heterocycles. The summed E-state index contributed by atoms with van der Waals surface area (Å²) in [7, 11) is 1.51. The van der Waals surface area contributed by atoms with Gasteiger partial charge in [-0.25, -0.2) is 4.79 Å². The van der Waals surface area contributed by atoms with E-state index in [1.807, 2.05) is 20.8 Å². The van der Waals surface area contributed by atoms with Gasteiger partial charge in [0.2, 0.25) is 0 Å². The van der Waals surface area contributed by atoms with E-state index in [-0.39, 0.29) is 18.6 Å². The van der Waals surface area contributed by atoms with E-state index in [0.29, 0.717) is 12.8 Å². The molecule has 1 aliphatic rings. The van der Waals surface area contributed by atoms with Crippen LogP contribution >= 0.6 is 0 Å². The quantitative estimate of drug-likeness (QED) is 0.689. The van der Waals surface area contributed by atoms with E-state index >= 15 is 0 Å². The third kappa shape index (κ3) is 3.48. The number of carbonyl (C=O) groups excluding carboxylic acids is 2. The number of rotatable bonds is 3. The minimum absolute atomic E-state index is 0.0673. The Morgan fingerprint density at radius 3 is 2.38 bits per heavy atom. The number of carbonyl (C=O) groups is 2. The lowest BCUT2D eigenvalue weighted by Crippen LogP contribution is -2.50. The Labute approximate surface area is 95.7 Å². The fourth-order valence-electron chi connectivity index (χ4n) is 1.45. The predicted octanol–water partition coefficient (Wildman–Crippen LogP) is 1.56. The van der Waals surface area contributed by atoms with Gasteiger partial charge in [-0.3, -0.25) is 9.69 Å². The van der Waals surface area contributed by atoms with Crippen molar-refractivity contribution in [3.05, 3.63) is 0 Å². The molecule has 5 heteroatoms. The molecule has 1 rings (SSSR count). The van der Waals surface area contributed by atoms with Crippen LogP contribution in [0.15, 0.2) is 0 Å². The van der Waals surface area contributed by atoms with Crippen LogP contribution in [0.3, 0.4) is 0 Å². The smallest absolute Gasteiger partial charge is 0.412 e. The molecule has 16 heavy (non-hydrogen) atoms. The number of methoxy groups -OCH3 is 1. The fraction of sp³-hybridized carbons (Fsp3) is 0.818. The van der Waals surface area contributed by atoms with Gasteiger partial charge in [0.1, 0.15) is 18.1 Å². The summed E-state index contributed by atoms with van der Waals surface area (Å²) in [5.41, 5.74) is -0.531. The topological polar surface area (TPSA) is 55.8 Å². The second kappa shape index (κ2) is 4.82. The normalized spacial score (nSPS) is 16.9. The molecule has 0 aromatic rings. The summed E-state index contributed by atoms with van der Waals surface area (Å²) in [5, 5.41) is 0. The van der Waals surface area contributed by atoms with Crippen LogP contribution in [0.5, 0.6) is 0 Å². The molecular weight excluding hydrogens is 210 g/mol. The fourth-order valence-corrected chi connectivity index (χ4v) is 1.45. The Bertz CT molecular complexity index is 274. The summed E-state index contributed by atoms with van der Waals surface area (Å²) >= 11 is 0. The highest BCUT2D eigenvalue weighted by atomic mass is 16.6. The summed E-state index contributed by atoms with van der Waals surface area (Å²) in [4.78, 5) is 24.2. The van der Waals surface area contributed by atoms with Gasteiger partial charge < -0.3 is 9.47 Å². The van der Waals surface area contributed by atoms with Gasteiger partial charge in [-0.1, -0.05) is 0 Å². The molecule has 0 atom stereocenters. The van der Waals surface area contributed by atoms with Gasteiger partial charge in [0.05, 0.1) is 6.04 Å². The highest BCUT2D eigenvalue weighted by Gasteiger charge is 2.36. The first-order valence-electron chi connectivity index (χ1n) is 5.34. The summed E-state index contributed by atoms with van der Waals surface area (Å²) in [5.74, 6) is 0.176. The molecule has 1 amide bonds. The van der Waals surface area contributed by atoms with E-state index in [4.69, 9.17) is 9.47 Å². The minimum atomic E-state index is -0.531. The third-order valence-corrected chi connectivity index (χ3v) is 2.26. The molecule has 5 nitrogen and oxygen atoms in total. The van der Waals surface area contributed by atoms with Crippen LogP contribution in [-0.4, -0.2) is 42.3 Å². The van der Waals surface area contributed by atoms with Crippen molar-refractivity contribution in [2.45, 2.75) is 45.3 Å². The van der Waals surface area contributed by atoms with Crippen LogP contribution < -0.4 is 0 Å². The number of ketones is 1. The van der Waals surface area contributed by atoms with Crippen LogP contribution in [0.4, 0.5) is 4.79 Å². The third-order valence-electron chi connectivity index (χ3n) is 2.26. The molecular formula is C11H19NO4. The highest BCUT2D eigenvalue weighted by Crippen LogP contribution is 2.23. The van der Waals surface area contributed by atoms with Gasteiger partial charge in [-0.2, -0.15) is 0 Å². The molecule has 0 bridgehead atoms. The molecule has 92 valence electrons. The number of ether oxygens (including phenoxy) is 2. The molecule has 1 aliphatic carbocycles. The monoisotopic (exact) mass is 229 g/mol. The van der Waals surface area contributed by atoms with Crippen molar-refractivity contribution < 1.29 is 19.1 Å². The van der Waals surface area contributed by atoms with Gasteiger partial charge in [0.15, 0.2) is 0 Å². The second-order valence-electron chi connectivity index (χ2n) is 4.97. The van der Waals surface area contributed by atoms with Crippen LogP contribution in [0.2, 0.25) is 0 Å². The molecule has 0 aromatic carbocycles. The molecule has 0 spiro atoms. The van der Waals surface area contributed by atoms with Gasteiger partial charge >= 0.3 is 6.09 Å². The lowest BCUT2D eigenvalue weighted by Gasteiger charge is -2.36. The zero-order valence-electron chi connectivity index (χ0n) is 10.3. The molecule has 0 radical (unpaired) electrons. The lowest BCUT2D eigenvalue weighted by molar-refractivity contribution is -0.129. The maximum Gasteiger partial charge on any atom is 0.412 e. The zero-order chi connectivity index (χ0) is 12.3. The Morgan fingerprint density at radius 1 is 1.44 bits per heavy atom. The van der Waals surface area contributed by atoms with Gasteiger partial charge in [0.25, 0.3) is 0 Å². The average Bonchev–Trinajstić information content (AvgIpc) is 2.06. The average molecular weight is 229 g/mol. The number of Topliss-reactive ketones (excluding diaryl/α,β-unsaturated/α-hetero) is 1. The number of nitrogens with zero attached hydrogens (tertiary/aromatic N) is 1. The van der Waals surface area contributed by atoms with Crippen molar-refractivity contribution in [2.24, 2.45) is 0 Å². The summed E-state index contributed by atoms with van der Waals surface area (Å²) in [6.45, 7) is 5.58. The van der Waals surface area contributed by atoms with E-state index in [1.165, 1.54) is 12.0 Å². The van der Waals surface area contributed by atoms with Crippen molar-refractivity contribution in [1.82, 2.24) is 4.90 Å². The second-order valence-corrected chi connectivity index (χ2v) is 4.97. The number of hydrogen-bond acceptors (Lipinski definition) is 4. The van der Waals surface area contributed by atoms with E-state index in [9.17, 15) is 9.59 Å². The SMILES string of the molecule is COCN(C(=O)OC(C)(C)C)C1CC(=O)C1. The maximum atomic E-state index is 11.8. The van der Waals surface area contributed by atoms with Gasteiger partial charge in [-0.15, -0.1) is 0 Å². The van der Waals surface area contributed by atoms with Crippen molar-refractivity contribution in [2.75, 3.05) is 13.8 Å². The maximum absolute atomic E-state index is 11.8. The largest absolute Gasteiger partial charge is 0.444 e. The molecule has 1 fully saturated rings. The Hall–Kier alpha value is -1.10. The zero-order valence-corrected chi connectivity index (χ0v) is 10.3. The van der Waals surface area contributed by atoms with E-state index in [0.717, 1.165) is 0 Å². The molecule has 0 saturated heterocycles. The van der Waals surface area contributed by atoms with Crippen molar-refractivity contribution in [3.8, 4) is 0 Å². The molecule has 1 saturated carbocycles. The first-order valence-corrected chi connectivity index (χ1v) is 5.34. The van der Waals surface area contributed by atoms with E-state index in [1.54, 1.807) is 0 Å². The van der Waals surface area contributed by atoms with Crippen LogP contribution in [0, 0.1) is 0 Å². The first-order chi connectivity index (χ1) is 7.33. The molecule has 0 aliphatic heterocycles. The van der Waals surface area contributed by atoms with Gasteiger partial charge in [-0.05, 0) is 20.8 Å². The molecule has 0 unspecified atom stereocenters. The Balaban J connectivity index is 2.56. The summed E-state index contributed by atoms with van der Waals surface area (Å²) in [6, 6.07) is -0.0673. The first kappa shape index (κ1) is 13.0. The molecule has 0 aromatic heterocycles. The van der Waals surface area contributed by atoms with Crippen molar-refractivity contribution >= 4 is 11.9 Å². The summed E-state index contributed by atoms with van der Waals surface area (Å²) in [6.07, 6.45) is 0.387. The lowest BCUT2D eigenvalue weighted by atomic mass is 9.90. The van der Waals surface area contributed by atoms with Gasteiger partial charge in [0, 0.05) is 20.0 Å². The number of amides is 1. The van der Waals surface area contributed by atoms with E-state index < -0.39 is 11.7 Å². The van der Waals surface area contributed by atoms with Crippen molar-refractivity contribution in [3.63, 3.8) is 0 Å². The predicted molar refractivity (Wildman–Crippen MR) is 58.0 cm³/mol. The Kier molecular flexibility index (Phi) is 3.91. The van der Waals surface area contributed by atoms with Crippen LogP contribution in [0.1, 0.15) is 33.6 Å². The van der Waals surface area contributed by atoms with Crippen LogP contribution in [0.25, 0.3) is 0 Å². The van der Waals surface area contributed by atoms with Crippen molar-refractivity contribution in [1.29, 1.82) is 0 Å². The Morgan fingerprint density at radius 2 is 2.00 bits per heavy atom. The molecule has 0 N–H and O–H groups in total. The van der Waals surface area contributed by atoms with Crippen LogP contribution in [-0.2, 0) is 14.3 Å². The van der Waals surface area contributed by atoms with E-state index in [2.05, 4.69) is 0 Å². The highest BCUT2D eigenvalue weighted by molar-refractivity contribution is 5.87.